The molecule has 0 bridgehead atoms. The Morgan fingerprint density at radius 2 is 1.82 bits per heavy atom. The Labute approximate surface area is 133 Å². The van der Waals surface area contributed by atoms with Crippen LogP contribution in [0.3, 0.4) is 0 Å². The molecule has 0 aromatic heterocycles. The average Bonchev–Trinajstić information content (AvgIpc) is 2.55. The predicted octanol–water partition coefficient (Wildman–Crippen LogP) is 2.58. The quantitative estimate of drug-likeness (QED) is 0.871. The van der Waals surface area contributed by atoms with Crippen LogP contribution >= 0.6 is 0 Å². The van der Waals surface area contributed by atoms with Crippen LogP contribution < -0.4 is 5.32 Å². The second-order valence-electron chi connectivity index (χ2n) is 6.16. The van der Waals surface area contributed by atoms with Crippen LogP contribution in [0.5, 0.6) is 0 Å². The monoisotopic (exact) mass is 311 g/mol. The lowest BCUT2D eigenvalue weighted by Gasteiger charge is -2.38. The maximum Gasteiger partial charge on any atom is 0.409 e. The Morgan fingerprint density at radius 3 is 2.45 bits per heavy atom. The Balaban J connectivity index is 1.77. The van der Waals surface area contributed by atoms with Crippen molar-refractivity contribution in [1.29, 1.82) is 0 Å². The van der Waals surface area contributed by atoms with Gasteiger partial charge < -0.3 is 19.9 Å². The summed E-state index contributed by atoms with van der Waals surface area (Å²) >= 11 is 0. The van der Waals surface area contributed by atoms with Gasteiger partial charge in [-0.2, -0.15) is 0 Å². The lowest BCUT2D eigenvalue weighted by Crippen LogP contribution is -2.53. The van der Waals surface area contributed by atoms with Gasteiger partial charge in [0.2, 0.25) is 0 Å². The van der Waals surface area contributed by atoms with Crippen LogP contribution in [0, 0.1) is 0 Å². The number of amides is 3. The summed E-state index contributed by atoms with van der Waals surface area (Å²) in [4.78, 5) is 27.9. The largest absolute Gasteiger partial charge is 0.450 e. The fourth-order valence-electron chi connectivity index (χ4n) is 3.37. The first-order valence-corrected chi connectivity index (χ1v) is 8.64. The second-order valence-corrected chi connectivity index (χ2v) is 6.16. The van der Waals surface area contributed by atoms with E-state index >= 15 is 0 Å². The molecule has 6 nitrogen and oxygen atoms in total. The number of nitrogens with zero attached hydrogens (tertiary/aromatic N) is 2. The summed E-state index contributed by atoms with van der Waals surface area (Å²) in [5.74, 6) is 0. The van der Waals surface area contributed by atoms with Gasteiger partial charge >= 0.3 is 12.1 Å². The Kier molecular flexibility index (Phi) is 6.34. The summed E-state index contributed by atoms with van der Waals surface area (Å²) < 4.78 is 5.01. The maximum absolute atomic E-state index is 12.5. The summed E-state index contributed by atoms with van der Waals surface area (Å²) in [6.07, 6.45) is 5.82. The standard InChI is InChI=1S/C16H29N3O3/c1-3-14-7-5-6-10-19(14)15(20)17-13-8-11-18(12-9-13)16(21)22-4-2/h13-14H,3-12H2,1-2H3,(H,17,20). The first-order chi connectivity index (χ1) is 10.7. The molecule has 1 N–H and O–H groups in total. The van der Waals surface area contributed by atoms with Crippen LogP contribution in [0.15, 0.2) is 0 Å². The third-order valence-corrected chi connectivity index (χ3v) is 4.71. The van der Waals surface area contributed by atoms with Gasteiger partial charge in [-0.25, -0.2) is 9.59 Å². The minimum Gasteiger partial charge on any atom is -0.450 e. The molecule has 2 saturated heterocycles. The van der Waals surface area contributed by atoms with Gasteiger partial charge in [-0.3, -0.25) is 0 Å². The number of piperidine rings is 2. The molecule has 0 radical (unpaired) electrons. The lowest BCUT2D eigenvalue weighted by atomic mass is 10.0. The van der Waals surface area contributed by atoms with Crippen molar-refractivity contribution in [3.8, 4) is 0 Å². The molecule has 2 aliphatic rings. The van der Waals surface area contributed by atoms with Crippen LogP contribution in [0.2, 0.25) is 0 Å². The van der Waals surface area contributed by atoms with Crippen molar-refractivity contribution >= 4 is 12.1 Å². The van der Waals surface area contributed by atoms with Crippen molar-refractivity contribution < 1.29 is 14.3 Å². The number of hydrogen-bond donors (Lipinski definition) is 1. The maximum atomic E-state index is 12.5. The first kappa shape index (κ1) is 16.9. The van der Waals surface area contributed by atoms with E-state index in [1.807, 2.05) is 11.8 Å². The van der Waals surface area contributed by atoms with E-state index in [4.69, 9.17) is 4.74 Å². The van der Waals surface area contributed by atoms with Crippen LogP contribution in [0.25, 0.3) is 0 Å². The fourth-order valence-corrected chi connectivity index (χ4v) is 3.37. The zero-order chi connectivity index (χ0) is 15.9. The van der Waals surface area contributed by atoms with Gasteiger partial charge in [-0.05, 0) is 45.4 Å². The highest BCUT2D eigenvalue weighted by atomic mass is 16.6. The number of ether oxygens (including phenoxy) is 1. The number of hydrogen-bond acceptors (Lipinski definition) is 3. The molecule has 1 atom stereocenters. The summed E-state index contributed by atoms with van der Waals surface area (Å²) in [6.45, 7) is 6.54. The summed E-state index contributed by atoms with van der Waals surface area (Å²) in [7, 11) is 0. The molecule has 0 saturated carbocycles. The topological polar surface area (TPSA) is 61.9 Å². The Hall–Kier alpha value is -1.46. The van der Waals surface area contributed by atoms with E-state index in [0.29, 0.717) is 25.7 Å². The average molecular weight is 311 g/mol. The van der Waals surface area contributed by atoms with Crippen LogP contribution in [0.4, 0.5) is 9.59 Å². The van der Waals surface area contributed by atoms with Crippen molar-refractivity contribution in [2.75, 3.05) is 26.2 Å². The summed E-state index contributed by atoms with van der Waals surface area (Å²) in [5.41, 5.74) is 0. The van der Waals surface area contributed by atoms with Crippen molar-refractivity contribution in [3.63, 3.8) is 0 Å². The third-order valence-electron chi connectivity index (χ3n) is 4.71. The van der Waals surface area contributed by atoms with Gasteiger partial charge in [0.25, 0.3) is 0 Å². The van der Waals surface area contributed by atoms with E-state index < -0.39 is 0 Å². The van der Waals surface area contributed by atoms with Gasteiger partial charge in [0, 0.05) is 31.7 Å². The van der Waals surface area contributed by atoms with Gasteiger partial charge in [0.1, 0.15) is 0 Å². The number of carbonyl (C=O) groups is 2. The van der Waals surface area contributed by atoms with E-state index in [2.05, 4.69) is 12.2 Å². The molecule has 0 aromatic rings. The smallest absolute Gasteiger partial charge is 0.409 e. The predicted molar refractivity (Wildman–Crippen MR) is 84.8 cm³/mol. The minimum atomic E-state index is -0.241. The SMILES string of the molecule is CCOC(=O)N1CCC(NC(=O)N2CCCCC2CC)CC1. The van der Waals surface area contributed by atoms with Crippen molar-refractivity contribution in [2.45, 2.75) is 64.5 Å². The van der Waals surface area contributed by atoms with E-state index in [9.17, 15) is 9.59 Å². The molecule has 2 aliphatic heterocycles. The molecular formula is C16H29N3O3. The molecule has 0 aliphatic carbocycles. The molecule has 2 rings (SSSR count). The van der Waals surface area contributed by atoms with Crippen LogP contribution in [-0.4, -0.2) is 60.2 Å². The molecule has 6 heteroatoms. The van der Waals surface area contributed by atoms with Gasteiger partial charge in [0.15, 0.2) is 0 Å². The molecule has 1 unspecified atom stereocenters. The van der Waals surface area contributed by atoms with Crippen LogP contribution in [-0.2, 0) is 4.74 Å². The minimum absolute atomic E-state index is 0.0705. The van der Waals surface area contributed by atoms with E-state index in [0.717, 1.165) is 38.6 Å². The van der Waals surface area contributed by atoms with E-state index in [-0.39, 0.29) is 18.2 Å². The van der Waals surface area contributed by atoms with Crippen molar-refractivity contribution in [3.05, 3.63) is 0 Å². The number of rotatable bonds is 3. The number of carbonyl (C=O) groups excluding carboxylic acids is 2. The molecular weight excluding hydrogens is 282 g/mol. The molecule has 0 aromatic carbocycles. The second kappa shape index (κ2) is 8.25. The number of likely N-dealkylation sites (tertiary alicyclic amines) is 2. The highest BCUT2D eigenvalue weighted by Gasteiger charge is 2.29. The first-order valence-electron chi connectivity index (χ1n) is 8.64. The summed E-state index contributed by atoms with van der Waals surface area (Å²) in [5, 5.41) is 3.15. The fraction of sp³-hybridized carbons (Fsp3) is 0.875. The van der Waals surface area contributed by atoms with Crippen LogP contribution in [0.1, 0.15) is 52.4 Å². The zero-order valence-corrected chi connectivity index (χ0v) is 13.8. The Morgan fingerprint density at radius 1 is 1.09 bits per heavy atom. The van der Waals surface area contributed by atoms with Crippen molar-refractivity contribution in [1.82, 2.24) is 15.1 Å². The van der Waals surface area contributed by atoms with Gasteiger partial charge in [-0.15, -0.1) is 0 Å². The van der Waals surface area contributed by atoms with E-state index in [1.165, 1.54) is 6.42 Å². The highest BCUT2D eigenvalue weighted by Crippen LogP contribution is 2.20. The summed E-state index contributed by atoms with van der Waals surface area (Å²) in [6, 6.07) is 0.618. The molecule has 2 heterocycles. The number of nitrogens with one attached hydrogen (secondary N) is 1. The normalized spacial score (nSPS) is 23.3. The molecule has 126 valence electrons. The van der Waals surface area contributed by atoms with Gasteiger partial charge in [-0.1, -0.05) is 6.92 Å². The van der Waals surface area contributed by atoms with Gasteiger partial charge in [0.05, 0.1) is 6.61 Å². The van der Waals surface area contributed by atoms with Crippen molar-refractivity contribution in [2.24, 2.45) is 0 Å². The molecule has 0 spiro atoms. The zero-order valence-electron chi connectivity index (χ0n) is 13.8. The third kappa shape index (κ3) is 4.27. The molecule has 3 amide bonds. The lowest BCUT2D eigenvalue weighted by molar-refractivity contribution is 0.0940. The highest BCUT2D eigenvalue weighted by molar-refractivity contribution is 5.75. The molecule has 22 heavy (non-hydrogen) atoms. The Bertz CT molecular complexity index is 381. The molecule has 2 fully saturated rings. The van der Waals surface area contributed by atoms with E-state index in [1.54, 1.807) is 4.90 Å². The number of urea groups is 1.